The van der Waals surface area contributed by atoms with E-state index in [0.29, 0.717) is 12.3 Å². The van der Waals surface area contributed by atoms with E-state index in [1.54, 1.807) is 0 Å². The van der Waals surface area contributed by atoms with Gasteiger partial charge >= 0.3 is 0 Å². The molecule has 2 atom stereocenters. The molecule has 0 heterocycles. The van der Waals surface area contributed by atoms with Gasteiger partial charge < -0.3 is 9.84 Å². The predicted octanol–water partition coefficient (Wildman–Crippen LogP) is 6.36. The van der Waals surface area contributed by atoms with Gasteiger partial charge in [0.2, 0.25) is 0 Å². The van der Waals surface area contributed by atoms with Crippen molar-refractivity contribution in [3.63, 3.8) is 0 Å². The zero-order valence-electron chi connectivity index (χ0n) is 22.7. The molecule has 0 saturated heterocycles. The minimum absolute atomic E-state index is 0.0941. The van der Waals surface area contributed by atoms with Gasteiger partial charge in [0.25, 0.3) is 0 Å². The Morgan fingerprint density at radius 1 is 0.912 bits per heavy atom. The van der Waals surface area contributed by atoms with Crippen LogP contribution in [-0.2, 0) is 22.9 Å². The van der Waals surface area contributed by atoms with Gasteiger partial charge in [-0.3, -0.25) is 0 Å². The van der Waals surface area contributed by atoms with Gasteiger partial charge in [0, 0.05) is 17.7 Å². The SMILES string of the molecule is CCS(=O)NCc1ccc(C(CC)(CC)c2ccc(OCC(C)(O)C(C)(C)C)c(C)c2)cc1C. The van der Waals surface area contributed by atoms with Crippen molar-refractivity contribution in [2.24, 2.45) is 5.41 Å². The summed E-state index contributed by atoms with van der Waals surface area (Å²) >= 11 is 0. The molecule has 2 rings (SSSR count). The average Bonchev–Trinajstić information content (AvgIpc) is 2.78. The molecule has 0 fully saturated rings. The van der Waals surface area contributed by atoms with Crippen molar-refractivity contribution in [2.75, 3.05) is 12.4 Å². The summed E-state index contributed by atoms with van der Waals surface area (Å²) in [4.78, 5) is 0. The molecule has 0 bridgehead atoms. The van der Waals surface area contributed by atoms with Crippen LogP contribution in [0.15, 0.2) is 36.4 Å². The topological polar surface area (TPSA) is 58.6 Å². The molecule has 0 aliphatic heterocycles. The highest BCUT2D eigenvalue weighted by molar-refractivity contribution is 7.82. The molecule has 0 spiro atoms. The summed E-state index contributed by atoms with van der Waals surface area (Å²) in [6.45, 7) is 19.4. The smallest absolute Gasteiger partial charge is 0.122 e. The van der Waals surface area contributed by atoms with Gasteiger partial charge in [0.15, 0.2) is 0 Å². The summed E-state index contributed by atoms with van der Waals surface area (Å²) in [6, 6.07) is 13.2. The van der Waals surface area contributed by atoms with Gasteiger partial charge in [-0.05, 0) is 72.9 Å². The summed E-state index contributed by atoms with van der Waals surface area (Å²) in [5, 5.41) is 10.8. The van der Waals surface area contributed by atoms with E-state index in [-0.39, 0.29) is 17.4 Å². The van der Waals surface area contributed by atoms with Crippen molar-refractivity contribution < 1.29 is 14.1 Å². The number of hydrogen-bond acceptors (Lipinski definition) is 3. The summed E-state index contributed by atoms with van der Waals surface area (Å²) < 4.78 is 21.0. The Kier molecular flexibility index (Phi) is 9.54. The van der Waals surface area contributed by atoms with Gasteiger partial charge in [-0.1, -0.05) is 71.9 Å². The summed E-state index contributed by atoms with van der Waals surface area (Å²) in [6.07, 6.45) is 1.97. The molecule has 0 saturated carbocycles. The summed E-state index contributed by atoms with van der Waals surface area (Å²) in [5.41, 5.74) is 4.76. The van der Waals surface area contributed by atoms with Crippen molar-refractivity contribution in [3.05, 3.63) is 64.2 Å². The van der Waals surface area contributed by atoms with E-state index in [0.717, 1.165) is 24.2 Å². The van der Waals surface area contributed by atoms with E-state index in [1.165, 1.54) is 22.3 Å². The Morgan fingerprint density at radius 3 is 1.94 bits per heavy atom. The first kappa shape index (κ1) is 28.5. The van der Waals surface area contributed by atoms with Gasteiger partial charge in [-0.2, -0.15) is 0 Å². The van der Waals surface area contributed by atoms with Gasteiger partial charge in [-0.15, -0.1) is 0 Å². The number of ether oxygens (including phenoxy) is 1. The van der Waals surface area contributed by atoms with E-state index in [2.05, 4.69) is 68.8 Å². The molecular weight excluding hydrogens is 442 g/mol. The maximum atomic E-state index is 11.8. The van der Waals surface area contributed by atoms with Crippen LogP contribution >= 0.6 is 0 Å². The van der Waals surface area contributed by atoms with Crippen LogP contribution in [0.5, 0.6) is 5.75 Å². The second kappa shape index (κ2) is 11.4. The molecule has 2 aromatic rings. The quantitative estimate of drug-likeness (QED) is 0.388. The molecule has 190 valence electrons. The average molecular weight is 488 g/mol. The molecule has 0 radical (unpaired) electrons. The van der Waals surface area contributed by atoms with Crippen LogP contribution in [0.3, 0.4) is 0 Å². The molecule has 5 heteroatoms. The molecule has 0 aliphatic carbocycles. The number of rotatable bonds is 11. The maximum absolute atomic E-state index is 11.8. The molecule has 2 unspecified atom stereocenters. The van der Waals surface area contributed by atoms with Crippen molar-refractivity contribution in [2.45, 2.75) is 92.7 Å². The van der Waals surface area contributed by atoms with Crippen LogP contribution in [0.4, 0.5) is 0 Å². The van der Waals surface area contributed by atoms with Crippen LogP contribution in [0.2, 0.25) is 0 Å². The van der Waals surface area contributed by atoms with Crippen LogP contribution in [0.1, 0.15) is 89.1 Å². The highest BCUT2D eigenvalue weighted by atomic mass is 32.2. The Morgan fingerprint density at radius 2 is 1.47 bits per heavy atom. The minimum atomic E-state index is -0.986. The van der Waals surface area contributed by atoms with E-state index >= 15 is 0 Å². The molecule has 0 aliphatic rings. The molecule has 2 aromatic carbocycles. The van der Waals surface area contributed by atoms with Crippen molar-refractivity contribution in [1.29, 1.82) is 0 Å². The fraction of sp³-hybridized carbons (Fsp3) is 0.586. The summed E-state index contributed by atoms with van der Waals surface area (Å²) in [5.74, 6) is 1.43. The summed E-state index contributed by atoms with van der Waals surface area (Å²) in [7, 11) is -0.986. The highest BCUT2D eigenvalue weighted by Gasteiger charge is 2.36. The maximum Gasteiger partial charge on any atom is 0.122 e. The van der Waals surface area contributed by atoms with E-state index in [4.69, 9.17) is 4.74 Å². The Labute approximate surface area is 210 Å². The molecule has 4 nitrogen and oxygen atoms in total. The fourth-order valence-corrected chi connectivity index (χ4v) is 4.75. The Balaban J connectivity index is 2.34. The lowest BCUT2D eigenvalue weighted by Crippen LogP contribution is -2.45. The van der Waals surface area contributed by atoms with Crippen molar-refractivity contribution in [3.8, 4) is 5.75 Å². The zero-order valence-corrected chi connectivity index (χ0v) is 23.5. The lowest BCUT2D eigenvalue weighted by atomic mass is 9.70. The van der Waals surface area contributed by atoms with E-state index in [1.807, 2.05) is 34.6 Å². The third-order valence-electron chi connectivity index (χ3n) is 7.64. The number of benzene rings is 2. The number of hydrogen-bond donors (Lipinski definition) is 2. The van der Waals surface area contributed by atoms with E-state index < -0.39 is 16.6 Å². The normalized spacial score (nSPS) is 15.1. The van der Waals surface area contributed by atoms with Gasteiger partial charge in [0.1, 0.15) is 18.0 Å². The standard InChI is InChI=1S/C29H45NO3S/c1-10-29(11-2,24-14-13-23(21(4)17-24)19-30-34(32)12-3)25-15-16-26(22(5)18-25)33-20-28(9,31)27(6,7)8/h13-18,30-31H,10-12,19-20H2,1-9H3. The van der Waals surface area contributed by atoms with Crippen molar-refractivity contribution in [1.82, 2.24) is 4.72 Å². The predicted molar refractivity (Wildman–Crippen MR) is 145 cm³/mol. The molecule has 0 amide bonds. The minimum Gasteiger partial charge on any atom is -0.490 e. The van der Waals surface area contributed by atoms with Gasteiger partial charge in [-0.25, -0.2) is 8.93 Å². The van der Waals surface area contributed by atoms with Crippen LogP contribution in [0.25, 0.3) is 0 Å². The fourth-order valence-electron chi connectivity index (χ4n) is 4.23. The first-order valence-electron chi connectivity index (χ1n) is 12.5. The largest absolute Gasteiger partial charge is 0.490 e. The Hall–Kier alpha value is -1.69. The Bertz CT molecular complexity index is 987. The molecule has 0 aromatic heterocycles. The third-order valence-corrected chi connectivity index (χ3v) is 8.63. The lowest BCUT2D eigenvalue weighted by Gasteiger charge is -2.37. The highest BCUT2D eigenvalue weighted by Crippen LogP contribution is 2.41. The first-order valence-corrected chi connectivity index (χ1v) is 13.8. The second-order valence-corrected chi connectivity index (χ2v) is 12.2. The second-order valence-electron chi connectivity index (χ2n) is 10.7. The first-order chi connectivity index (χ1) is 15.8. The zero-order chi connectivity index (χ0) is 25.7. The third kappa shape index (κ3) is 6.30. The number of aryl methyl sites for hydroxylation is 2. The van der Waals surface area contributed by atoms with Crippen LogP contribution in [-0.4, -0.2) is 27.3 Å². The van der Waals surface area contributed by atoms with Crippen LogP contribution < -0.4 is 9.46 Å². The molecule has 2 N–H and O–H groups in total. The van der Waals surface area contributed by atoms with Crippen molar-refractivity contribution >= 4 is 11.0 Å². The monoisotopic (exact) mass is 487 g/mol. The molecular formula is C29H45NO3S. The number of aliphatic hydroxyl groups is 1. The van der Waals surface area contributed by atoms with Crippen LogP contribution in [0, 0.1) is 19.3 Å². The molecule has 34 heavy (non-hydrogen) atoms. The lowest BCUT2D eigenvalue weighted by molar-refractivity contribution is -0.0725. The van der Waals surface area contributed by atoms with E-state index in [9.17, 15) is 9.32 Å². The van der Waals surface area contributed by atoms with Gasteiger partial charge in [0.05, 0.1) is 11.0 Å². The number of nitrogens with one attached hydrogen (secondary N) is 1.